The van der Waals surface area contributed by atoms with Gasteiger partial charge in [-0.1, -0.05) is 12.1 Å². The number of nitro benzene ring substituents is 1. The molecule has 118 valence electrons. The number of carbonyl (C=O) groups excluding carboxylic acids is 2. The summed E-state index contributed by atoms with van der Waals surface area (Å²) in [5.41, 5.74) is 5.11. The molecule has 1 aromatic rings. The molecule has 1 aromatic carbocycles. The summed E-state index contributed by atoms with van der Waals surface area (Å²) in [4.78, 5) is 35.1. The number of primary amides is 1. The van der Waals surface area contributed by atoms with Crippen molar-refractivity contribution in [3.05, 3.63) is 34.4 Å². The minimum absolute atomic E-state index is 0.00562. The number of hydrogen-bond acceptors (Lipinski definition) is 5. The van der Waals surface area contributed by atoms with Gasteiger partial charge in [-0.05, 0) is 18.9 Å². The summed E-state index contributed by atoms with van der Waals surface area (Å²) in [5, 5.41) is 10.8. The van der Waals surface area contributed by atoms with Gasteiger partial charge in [0.05, 0.1) is 18.0 Å². The number of para-hydroxylation sites is 2. The average Bonchev–Trinajstić information content (AvgIpc) is 2.97. The number of hydrogen-bond donors (Lipinski definition) is 1. The number of carbonyl (C=O) groups is 2. The van der Waals surface area contributed by atoms with Crippen molar-refractivity contribution in [1.82, 2.24) is 4.90 Å². The SMILES string of the molecule is NC(=O)C1CCCN1C(=O)CCOc1ccccc1[N+](=O)[O-]. The highest BCUT2D eigenvalue weighted by atomic mass is 16.6. The van der Waals surface area contributed by atoms with Gasteiger partial charge in [-0.15, -0.1) is 0 Å². The quantitative estimate of drug-likeness (QED) is 0.617. The van der Waals surface area contributed by atoms with Crippen LogP contribution in [0.2, 0.25) is 0 Å². The summed E-state index contributed by atoms with van der Waals surface area (Å²) >= 11 is 0. The second kappa shape index (κ2) is 6.88. The van der Waals surface area contributed by atoms with Crippen molar-refractivity contribution in [2.45, 2.75) is 25.3 Å². The Morgan fingerprint density at radius 1 is 1.41 bits per heavy atom. The zero-order chi connectivity index (χ0) is 16.1. The van der Waals surface area contributed by atoms with Crippen LogP contribution < -0.4 is 10.5 Å². The average molecular weight is 307 g/mol. The summed E-state index contributed by atoms with van der Waals surface area (Å²) in [7, 11) is 0. The molecule has 2 rings (SSSR count). The number of nitrogens with zero attached hydrogens (tertiary/aromatic N) is 2. The number of nitro groups is 1. The van der Waals surface area contributed by atoms with Crippen molar-refractivity contribution >= 4 is 17.5 Å². The van der Waals surface area contributed by atoms with Gasteiger partial charge in [-0.3, -0.25) is 19.7 Å². The predicted octanol–water partition coefficient (Wildman–Crippen LogP) is 0.840. The fourth-order valence-electron chi connectivity index (χ4n) is 2.48. The Labute approximate surface area is 127 Å². The molecule has 1 aliphatic heterocycles. The lowest BCUT2D eigenvalue weighted by Gasteiger charge is -2.22. The van der Waals surface area contributed by atoms with Crippen LogP contribution in [0.1, 0.15) is 19.3 Å². The summed E-state index contributed by atoms with van der Waals surface area (Å²) < 4.78 is 5.32. The fraction of sp³-hybridized carbons (Fsp3) is 0.429. The first-order valence-corrected chi connectivity index (χ1v) is 6.95. The van der Waals surface area contributed by atoms with Crippen LogP contribution in [0.25, 0.3) is 0 Å². The number of nitrogens with two attached hydrogens (primary N) is 1. The maximum absolute atomic E-state index is 12.1. The van der Waals surface area contributed by atoms with Crippen LogP contribution in [0.3, 0.4) is 0 Å². The molecular formula is C14H17N3O5. The number of likely N-dealkylation sites (tertiary alicyclic amines) is 1. The highest BCUT2D eigenvalue weighted by molar-refractivity contribution is 5.87. The number of ether oxygens (including phenoxy) is 1. The first kappa shape index (κ1) is 15.7. The molecule has 1 aliphatic rings. The van der Waals surface area contributed by atoms with Crippen LogP contribution in [-0.2, 0) is 9.59 Å². The molecule has 1 saturated heterocycles. The molecule has 1 atom stereocenters. The molecule has 0 aromatic heterocycles. The van der Waals surface area contributed by atoms with E-state index in [1.165, 1.54) is 23.1 Å². The molecule has 0 radical (unpaired) electrons. The first-order valence-electron chi connectivity index (χ1n) is 6.95. The van der Waals surface area contributed by atoms with Crippen LogP contribution in [0.5, 0.6) is 5.75 Å². The third-order valence-corrected chi connectivity index (χ3v) is 3.54. The van der Waals surface area contributed by atoms with E-state index in [1.807, 2.05) is 0 Å². The van der Waals surface area contributed by atoms with Crippen LogP contribution >= 0.6 is 0 Å². The Morgan fingerprint density at radius 3 is 2.82 bits per heavy atom. The molecule has 1 unspecified atom stereocenters. The van der Waals surface area contributed by atoms with E-state index in [0.717, 1.165) is 6.42 Å². The zero-order valence-electron chi connectivity index (χ0n) is 11.9. The number of rotatable bonds is 6. The number of amides is 2. The Kier molecular flexibility index (Phi) is 4.92. The fourth-order valence-corrected chi connectivity index (χ4v) is 2.48. The highest BCUT2D eigenvalue weighted by Gasteiger charge is 2.32. The van der Waals surface area contributed by atoms with Crippen molar-refractivity contribution in [3.63, 3.8) is 0 Å². The highest BCUT2D eigenvalue weighted by Crippen LogP contribution is 2.26. The first-order chi connectivity index (χ1) is 10.5. The van der Waals surface area contributed by atoms with Crippen molar-refractivity contribution < 1.29 is 19.2 Å². The van der Waals surface area contributed by atoms with Crippen molar-refractivity contribution in [3.8, 4) is 5.75 Å². The van der Waals surface area contributed by atoms with Crippen LogP contribution in [0.15, 0.2) is 24.3 Å². The summed E-state index contributed by atoms with van der Waals surface area (Å²) in [6.07, 6.45) is 1.35. The van der Waals surface area contributed by atoms with Crippen LogP contribution in [0.4, 0.5) is 5.69 Å². The zero-order valence-corrected chi connectivity index (χ0v) is 11.9. The van der Waals surface area contributed by atoms with E-state index in [1.54, 1.807) is 6.07 Å². The third-order valence-electron chi connectivity index (χ3n) is 3.54. The van der Waals surface area contributed by atoms with Gasteiger partial charge in [0.25, 0.3) is 0 Å². The Bertz CT molecular complexity index is 590. The predicted molar refractivity (Wildman–Crippen MR) is 77.1 cm³/mol. The molecule has 0 spiro atoms. The molecule has 8 nitrogen and oxygen atoms in total. The van der Waals surface area contributed by atoms with Crippen LogP contribution in [0, 0.1) is 10.1 Å². The van der Waals surface area contributed by atoms with E-state index < -0.39 is 16.9 Å². The largest absolute Gasteiger partial charge is 0.486 e. The summed E-state index contributed by atoms with van der Waals surface area (Å²) in [6.45, 7) is 0.504. The molecule has 0 bridgehead atoms. The Morgan fingerprint density at radius 2 is 2.14 bits per heavy atom. The minimum atomic E-state index is -0.557. The van der Waals surface area contributed by atoms with Gasteiger partial charge in [0, 0.05) is 12.6 Å². The molecule has 8 heteroatoms. The van der Waals surface area contributed by atoms with Crippen molar-refractivity contribution in [2.24, 2.45) is 5.73 Å². The molecular weight excluding hydrogens is 290 g/mol. The van der Waals surface area contributed by atoms with Crippen LogP contribution in [-0.4, -0.2) is 40.8 Å². The van der Waals surface area contributed by atoms with Gasteiger partial charge >= 0.3 is 5.69 Å². The molecule has 2 amide bonds. The van der Waals surface area contributed by atoms with E-state index in [0.29, 0.717) is 13.0 Å². The van der Waals surface area contributed by atoms with E-state index in [4.69, 9.17) is 10.5 Å². The third kappa shape index (κ3) is 3.51. The molecule has 1 heterocycles. The van der Waals surface area contributed by atoms with Gasteiger partial charge < -0.3 is 15.4 Å². The lowest BCUT2D eigenvalue weighted by atomic mass is 10.2. The van der Waals surface area contributed by atoms with E-state index in [2.05, 4.69) is 0 Å². The second-order valence-electron chi connectivity index (χ2n) is 4.97. The van der Waals surface area contributed by atoms with Gasteiger partial charge in [0.2, 0.25) is 11.8 Å². The molecule has 2 N–H and O–H groups in total. The lowest BCUT2D eigenvalue weighted by molar-refractivity contribution is -0.385. The lowest BCUT2D eigenvalue weighted by Crippen LogP contribution is -2.44. The van der Waals surface area contributed by atoms with Gasteiger partial charge in [-0.25, -0.2) is 0 Å². The second-order valence-corrected chi connectivity index (χ2v) is 4.97. The van der Waals surface area contributed by atoms with Gasteiger partial charge in [-0.2, -0.15) is 0 Å². The minimum Gasteiger partial charge on any atom is -0.486 e. The summed E-state index contributed by atoms with van der Waals surface area (Å²) in [5.74, 6) is -0.626. The van der Waals surface area contributed by atoms with E-state index in [9.17, 15) is 19.7 Å². The monoisotopic (exact) mass is 307 g/mol. The molecule has 22 heavy (non-hydrogen) atoms. The van der Waals surface area contributed by atoms with Crippen molar-refractivity contribution in [2.75, 3.05) is 13.2 Å². The number of benzene rings is 1. The van der Waals surface area contributed by atoms with Gasteiger partial charge in [0.1, 0.15) is 6.04 Å². The van der Waals surface area contributed by atoms with Gasteiger partial charge in [0.15, 0.2) is 5.75 Å². The molecule has 0 saturated carbocycles. The smallest absolute Gasteiger partial charge is 0.310 e. The molecule has 1 fully saturated rings. The van der Waals surface area contributed by atoms with E-state index in [-0.39, 0.29) is 30.4 Å². The topological polar surface area (TPSA) is 116 Å². The van der Waals surface area contributed by atoms with E-state index >= 15 is 0 Å². The maximum atomic E-state index is 12.1. The maximum Gasteiger partial charge on any atom is 0.310 e. The summed E-state index contributed by atoms with van der Waals surface area (Å²) in [6, 6.07) is 5.41. The molecule has 0 aliphatic carbocycles. The van der Waals surface area contributed by atoms with Crippen molar-refractivity contribution in [1.29, 1.82) is 0 Å². The standard InChI is InChI=1S/C14H17N3O5/c15-14(19)11-5-3-8-16(11)13(18)7-9-22-12-6-2-1-4-10(12)17(20)21/h1-2,4,6,11H,3,5,7-9H2,(H2,15,19). The Balaban J connectivity index is 1.90. The Hall–Kier alpha value is -2.64. The normalized spacial score (nSPS) is 17.3.